The van der Waals surface area contributed by atoms with Crippen molar-refractivity contribution in [2.24, 2.45) is 0 Å². The Labute approximate surface area is 196 Å². The zero-order chi connectivity index (χ0) is 23.0. The summed E-state index contributed by atoms with van der Waals surface area (Å²) < 4.78 is 5.69. The molecule has 0 atom stereocenters. The molecule has 6 heteroatoms. The highest BCUT2D eigenvalue weighted by atomic mass is 16.5. The summed E-state index contributed by atoms with van der Waals surface area (Å²) in [6.07, 6.45) is 3.16. The van der Waals surface area contributed by atoms with Crippen molar-refractivity contribution in [1.82, 2.24) is 15.1 Å². The average Bonchev–Trinajstić information content (AvgIpc) is 2.89. The van der Waals surface area contributed by atoms with Gasteiger partial charge in [-0.25, -0.2) is 0 Å². The molecule has 1 fully saturated rings. The lowest BCUT2D eigenvalue weighted by Gasteiger charge is -2.35. The molecular weight excluding hydrogens is 412 g/mol. The molecule has 1 aliphatic heterocycles. The number of hydrogen-bond acceptors (Lipinski definition) is 5. The molecule has 0 unspecified atom stereocenters. The molecule has 1 aromatic heterocycles. The van der Waals surface area contributed by atoms with Crippen molar-refractivity contribution < 1.29 is 9.53 Å². The molecule has 3 aromatic rings. The maximum absolute atomic E-state index is 12.9. The van der Waals surface area contributed by atoms with E-state index in [4.69, 9.17) is 4.74 Å². The number of carbonyl (C=O) groups excluding carboxylic acids is 1. The number of hydrogen-bond donors (Lipinski definition) is 0. The molecule has 0 bridgehead atoms. The fourth-order valence-corrected chi connectivity index (χ4v) is 3.91. The van der Waals surface area contributed by atoms with Crippen LogP contribution in [-0.2, 0) is 6.42 Å². The number of rotatable bonds is 8. The SMILES string of the molecule is CCCCOc1ccc(C(=O)N2CCN(c3ccc(-c4ccc(CC)cc4)nn3)CC2)cc1. The molecule has 2 heterocycles. The van der Waals surface area contributed by atoms with Crippen molar-refractivity contribution in [2.75, 3.05) is 37.7 Å². The fourth-order valence-electron chi connectivity index (χ4n) is 3.91. The van der Waals surface area contributed by atoms with E-state index >= 15 is 0 Å². The fraction of sp³-hybridized carbons (Fsp3) is 0.370. The van der Waals surface area contributed by atoms with E-state index < -0.39 is 0 Å². The first-order chi connectivity index (χ1) is 16.2. The Balaban J connectivity index is 1.31. The number of aryl methyl sites for hydroxylation is 1. The van der Waals surface area contributed by atoms with Crippen molar-refractivity contribution in [3.05, 3.63) is 71.8 Å². The third-order valence-corrected chi connectivity index (χ3v) is 6.07. The number of benzene rings is 2. The van der Waals surface area contributed by atoms with Crippen LogP contribution in [0.2, 0.25) is 0 Å². The summed E-state index contributed by atoms with van der Waals surface area (Å²) in [5.74, 6) is 1.73. The molecule has 1 saturated heterocycles. The normalized spacial score (nSPS) is 13.8. The Hall–Kier alpha value is -3.41. The van der Waals surface area contributed by atoms with Gasteiger partial charge in [0.05, 0.1) is 12.3 Å². The highest BCUT2D eigenvalue weighted by Crippen LogP contribution is 2.21. The van der Waals surface area contributed by atoms with Crippen LogP contribution in [0.5, 0.6) is 5.75 Å². The Morgan fingerprint density at radius 2 is 1.61 bits per heavy atom. The van der Waals surface area contributed by atoms with Crippen LogP contribution in [0.1, 0.15) is 42.6 Å². The molecule has 4 rings (SSSR count). The van der Waals surface area contributed by atoms with Crippen LogP contribution >= 0.6 is 0 Å². The summed E-state index contributed by atoms with van der Waals surface area (Å²) in [4.78, 5) is 17.0. The lowest BCUT2D eigenvalue weighted by molar-refractivity contribution is 0.0746. The van der Waals surface area contributed by atoms with Crippen molar-refractivity contribution in [2.45, 2.75) is 33.1 Å². The van der Waals surface area contributed by atoms with Gasteiger partial charge in [-0.15, -0.1) is 10.2 Å². The molecule has 172 valence electrons. The van der Waals surface area contributed by atoms with Crippen LogP contribution in [0.3, 0.4) is 0 Å². The van der Waals surface area contributed by atoms with Crippen LogP contribution in [0.25, 0.3) is 11.3 Å². The smallest absolute Gasteiger partial charge is 0.253 e. The van der Waals surface area contributed by atoms with Gasteiger partial charge in [0.15, 0.2) is 5.82 Å². The Kier molecular flexibility index (Phi) is 7.55. The zero-order valence-corrected chi connectivity index (χ0v) is 19.5. The second-order valence-electron chi connectivity index (χ2n) is 8.33. The number of carbonyl (C=O) groups is 1. The summed E-state index contributed by atoms with van der Waals surface area (Å²) in [5, 5.41) is 8.88. The summed E-state index contributed by atoms with van der Waals surface area (Å²) in [5.41, 5.74) is 3.96. The molecule has 2 aromatic carbocycles. The first-order valence-electron chi connectivity index (χ1n) is 11.9. The largest absolute Gasteiger partial charge is 0.494 e. The van der Waals surface area contributed by atoms with Crippen LogP contribution in [0.15, 0.2) is 60.7 Å². The number of aromatic nitrogens is 2. The molecule has 6 nitrogen and oxygen atoms in total. The van der Waals surface area contributed by atoms with E-state index in [9.17, 15) is 4.79 Å². The van der Waals surface area contributed by atoms with Gasteiger partial charge in [-0.2, -0.15) is 0 Å². The first-order valence-corrected chi connectivity index (χ1v) is 11.9. The molecule has 0 N–H and O–H groups in total. The minimum atomic E-state index is 0.0618. The summed E-state index contributed by atoms with van der Waals surface area (Å²) >= 11 is 0. The monoisotopic (exact) mass is 444 g/mol. The lowest BCUT2D eigenvalue weighted by atomic mass is 10.1. The van der Waals surface area contributed by atoms with Gasteiger partial charge in [-0.1, -0.05) is 44.5 Å². The maximum Gasteiger partial charge on any atom is 0.253 e. The van der Waals surface area contributed by atoms with E-state index in [-0.39, 0.29) is 5.91 Å². The summed E-state index contributed by atoms with van der Waals surface area (Å²) in [6.45, 7) is 7.80. The third-order valence-electron chi connectivity index (χ3n) is 6.07. The van der Waals surface area contributed by atoms with Gasteiger partial charge >= 0.3 is 0 Å². The molecule has 0 radical (unpaired) electrons. The van der Waals surface area contributed by atoms with Gasteiger partial charge in [-0.05, 0) is 54.8 Å². The molecule has 0 aliphatic carbocycles. The maximum atomic E-state index is 12.9. The topological polar surface area (TPSA) is 58.6 Å². The van der Waals surface area contributed by atoms with E-state index in [0.29, 0.717) is 25.3 Å². The average molecular weight is 445 g/mol. The van der Waals surface area contributed by atoms with Crippen LogP contribution in [0, 0.1) is 0 Å². The van der Waals surface area contributed by atoms with Crippen LogP contribution in [0.4, 0.5) is 5.82 Å². The molecule has 33 heavy (non-hydrogen) atoms. The second-order valence-corrected chi connectivity index (χ2v) is 8.33. The van der Waals surface area contributed by atoms with Gasteiger partial charge in [0.2, 0.25) is 0 Å². The number of ether oxygens (including phenoxy) is 1. The van der Waals surface area contributed by atoms with Crippen LogP contribution in [-0.4, -0.2) is 53.8 Å². The van der Waals surface area contributed by atoms with E-state index in [1.54, 1.807) is 0 Å². The second kappa shape index (κ2) is 10.9. The lowest BCUT2D eigenvalue weighted by Crippen LogP contribution is -2.49. The standard InChI is InChI=1S/C27H32N4O2/c1-3-5-20-33-24-12-10-23(11-13-24)27(32)31-18-16-30(17-19-31)26-15-14-25(28-29-26)22-8-6-21(4-2)7-9-22/h6-15H,3-5,16-20H2,1-2H3. The van der Waals surface area contributed by atoms with Gasteiger partial charge in [0, 0.05) is 37.3 Å². The predicted molar refractivity (Wildman–Crippen MR) is 132 cm³/mol. The van der Waals surface area contributed by atoms with Gasteiger partial charge in [-0.3, -0.25) is 4.79 Å². The van der Waals surface area contributed by atoms with Gasteiger partial charge < -0.3 is 14.5 Å². The third kappa shape index (κ3) is 5.69. The quantitative estimate of drug-likeness (QED) is 0.465. The first kappa shape index (κ1) is 22.8. The number of nitrogens with zero attached hydrogens (tertiary/aromatic N) is 4. The van der Waals surface area contributed by atoms with Crippen molar-refractivity contribution in [3.63, 3.8) is 0 Å². The van der Waals surface area contributed by atoms with Gasteiger partial charge in [0.25, 0.3) is 5.91 Å². The minimum Gasteiger partial charge on any atom is -0.494 e. The highest BCUT2D eigenvalue weighted by Gasteiger charge is 2.23. The van der Waals surface area contributed by atoms with Crippen molar-refractivity contribution in [3.8, 4) is 17.0 Å². The molecule has 0 saturated carbocycles. The number of anilines is 1. The Morgan fingerprint density at radius 3 is 2.21 bits per heavy atom. The summed E-state index contributed by atoms with van der Waals surface area (Å²) in [6, 6.07) is 20.0. The zero-order valence-electron chi connectivity index (χ0n) is 19.5. The Bertz CT molecular complexity index is 1030. The van der Waals surface area contributed by atoms with E-state index in [2.05, 4.69) is 53.2 Å². The molecule has 1 amide bonds. The highest BCUT2D eigenvalue weighted by molar-refractivity contribution is 5.94. The molecular formula is C27H32N4O2. The van der Waals surface area contributed by atoms with Crippen LogP contribution < -0.4 is 9.64 Å². The van der Waals surface area contributed by atoms with E-state index in [1.807, 2.05) is 41.3 Å². The number of unbranched alkanes of at least 4 members (excludes halogenated alkanes) is 1. The van der Waals surface area contributed by atoms with E-state index in [1.165, 1.54) is 5.56 Å². The predicted octanol–water partition coefficient (Wildman–Crippen LogP) is 4.85. The number of piperazine rings is 1. The molecule has 1 aliphatic rings. The van der Waals surface area contributed by atoms with Crippen molar-refractivity contribution >= 4 is 11.7 Å². The van der Waals surface area contributed by atoms with E-state index in [0.717, 1.165) is 55.2 Å². The summed E-state index contributed by atoms with van der Waals surface area (Å²) in [7, 11) is 0. The number of amides is 1. The van der Waals surface area contributed by atoms with Gasteiger partial charge in [0.1, 0.15) is 5.75 Å². The van der Waals surface area contributed by atoms with Crippen molar-refractivity contribution in [1.29, 1.82) is 0 Å². The molecule has 0 spiro atoms. The minimum absolute atomic E-state index is 0.0618. The Morgan fingerprint density at radius 1 is 0.879 bits per heavy atom.